The van der Waals surface area contributed by atoms with Crippen molar-refractivity contribution in [3.05, 3.63) is 42.8 Å². The molecule has 3 heterocycles. The number of nitrogens with one attached hydrogen (secondary N) is 2. The summed E-state index contributed by atoms with van der Waals surface area (Å²) in [5.74, 6) is 4.37. The van der Waals surface area contributed by atoms with E-state index in [-0.39, 0.29) is 36.8 Å². The zero-order chi connectivity index (χ0) is 28.1. The van der Waals surface area contributed by atoms with Crippen LogP contribution in [0.4, 0.5) is 0 Å². The van der Waals surface area contributed by atoms with Gasteiger partial charge < -0.3 is 27.5 Å². The fraction of sp³-hybridized carbons (Fsp3) is 0.480. The number of nitrogens with zero attached hydrogens (tertiary/aromatic N) is 4. The molecule has 1 saturated heterocycles. The minimum Gasteiger partial charge on any atom is -0.365 e. The minimum atomic E-state index is -1.24. The number of aryl methyl sites for hydroxylation is 2. The van der Waals surface area contributed by atoms with Gasteiger partial charge in [-0.15, -0.1) is 27.8 Å². The van der Waals surface area contributed by atoms with E-state index in [4.69, 9.17) is 22.7 Å². The normalized spacial score (nSPS) is 23.3. The van der Waals surface area contributed by atoms with Crippen LogP contribution in [-0.2, 0) is 23.1 Å². The summed E-state index contributed by atoms with van der Waals surface area (Å²) < 4.78 is 0. The third-order valence-corrected chi connectivity index (χ3v) is 10.3. The number of nitriles is 1. The van der Waals surface area contributed by atoms with Crippen molar-refractivity contribution in [3.8, 4) is 6.07 Å². The summed E-state index contributed by atoms with van der Waals surface area (Å²) in [5, 5.41) is 29.1. The van der Waals surface area contributed by atoms with Crippen molar-refractivity contribution in [1.82, 2.24) is 10.2 Å². The topological polar surface area (TPSA) is 217 Å². The van der Waals surface area contributed by atoms with Crippen LogP contribution in [0.5, 0.6) is 0 Å². The molecule has 8 N–H and O–H groups in total. The molecular formula is C25H29N9O3S2. The standard InChI is InChI=1S/C25H29N9O3S2/c1-11(31-10-21(35)34-13(9-26)4-12-5-16(12)34)8-25(24(29)32-33-30)14-6-19(22(27)36)38-17(14)2-3-18-15(25)7-20(39-18)23(28)37/h6-7,11-13,16,31H,2-5,8,10H2,1H3,(H2,27,36)(H2,28,37)(H3,29,30,32)/t11-,12+,13?,16-/m0/s1. The van der Waals surface area contributed by atoms with Crippen LogP contribution in [0.15, 0.2) is 22.5 Å². The van der Waals surface area contributed by atoms with Crippen LogP contribution in [0.2, 0.25) is 0 Å². The van der Waals surface area contributed by atoms with Crippen molar-refractivity contribution in [2.24, 2.45) is 33.6 Å². The molecule has 39 heavy (non-hydrogen) atoms. The Morgan fingerprint density at radius 1 is 1.18 bits per heavy atom. The molecule has 1 saturated carbocycles. The highest BCUT2D eigenvalue weighted by Gasteiger charge is 2.54. The number of thiophene rings is 2. The number of amides is 3. The Morgan fingerprint density at radius 2 is 1.77 bits per heavy atom. The molecule has 0 aromatic carbocycles. The van der Waals surface area contributed by atoms with Gasteiger partial charge in [-0.3, -0.25) is 19.8 Å². The fourth-order valence-corrected chi connectivity index (χ4v) is 8.28. The molecule has 204 valence electrons. The van der Waals surface area contributed by atoms with Gasteiger partial charge in [-0.05, 0) is 68.2 Å². The summed E-state index contributed by atoms with van der Waals surface area (Å²) in [6.45, 7) is 1.91. The lowest BCUT2D eigenvalue weighted by Crippen LogP contribution is -2.47. The molecule has 5 rings (SSSR count). The second-order valence-electron chi connectivity index (χ2n) is 10.3. The number of carbonyl (C=O) groups is 3. The highest BCUT2D eigenvalue weighted by atomic mass is 32.1. The number of fused-ring (bicyclic) bond motifs is 3. The first kappa shape index (κ1) is 26.9. The van der Waals surface area contributed by atoms with Gasteiger partial charge in [0.2, 0.25) is 5.91 Å². The lowest BCUT2D eigenvalue weighted by molar-refractivity contribution is -0.131. The number of rotatable bonds is 8. The second kappa shape index (κ2) is 10.1. The quantitative estimate of drug-likeness (QED) is 0.105. The minimum absolute atomic E-state index is 0.0243. The average molecular weight is 568 g/mol. The zero-order valence-corrected chi connectivity index (χ0v) is 22.9. The Morgan fingerprint density at radius 3 is 2.28 bits per heavy atom. The molecule has 12 nitrogen and oxygen atoms in total. The van der Waals surface area contributed by atoms with Gasteiger partial charge in [0.1, 0.15) is 6.04 Å². The largest absolute Gasteiger partial charge is 0.365 e. The van der Waals surface area contributed by atoms with E-state index in [0.717, 1.165) is 22.6 Å². The van der Waals surface area contributed by atoms with Gasteiger partial charge in [-0.1, -0.05) is 5.22 Å². The lowest BCUT2D eigenvalue weighted by Gasteiger charge is -2.35. The number of piperidine rings is 1. The van der Waals surface area contributed by atoms with Crippen LogP contribution in [0.1, 0.15) is 66.4 Å². The third-order valence-electron chi connectivity index (χ3n) is 7.92. The number of carbonyl (C=O) groups excluding carboxylic acids is 3. The van der Waals surface area contributed by atoms with E-state index in [9.17, 15) is 19.6 Å². The van der Waals surface area contributed by atoms with E-state index in [0.29, 0.717) is 39.6 Å². The second-order valence-corrected chi connectivity index (χ2v) is 12.6. The van der Waals surface area contributed by atoms with E-state index in [1.54, 1.807) is 17.0 Å². The SMILES string of the molecule is C[C@@H](CC1(C(=N)N=NN)c2cc(C(N)=O)sc2CCc2sc(C(N)=O)cc21)NCC(=O)N1C(C#N)C[C@@H]2C[C@@H]21. The lowest BCUT2D eigenvalue weighted by atomic mass is 9.70. The number of likely N-dealkylation sites (tertiary alicyclic amines) is 1. The third kappa shape index (κ3) is 4.60. The number of nitrogens with two attached hydrogens (primary N) is 3. The molecule has 2 aromatic heterocycles. The summed E-state index contributed by atoms with van der Waals surface area (Å²) in [7, 11) is 0. The molecule has 2 aromatic rings. The molecule has 3 amide bonds. The van der Waals surface area contributed by atoms with E-state index in [1.807, 2.05) is 6.92 Å². The summed E-state index contributed by atoms with van der Waals surface area (Å²) in [4.78, 5) is 41.5. The van der Waals surface area contributed by atoms with Crippen molar-refractivity contribution < 1.29 is 14.4 Å². The molecule has 1 unspecified atom stereocenters. The van der Waals surface area contributed by atoms with Crippen LogP contribution < -0.4 is 22.6 Å². The Labute approximate surface area is 232 Å². The van der Waals surface area contributed by atoms with Crippen molar-refractivity contribution in [2.45, 2.75) is 62.6 Å². The summed E-state index contributed by atoms with van der Waals surface area (Å²) in [5.41, 5.74) is 11.4. The number of hydrogen-bond donors (Lipinski definition) is 5. The van der Waals surface area contributed by atoms with Crippen LogP contribution in [0.25, 0.3) is 0 Å². The van der Waals surface area contributed by atoms with E-state index >= 15 is 0 Å². The van der Waals surface area contributed by atoms with Gasteiger partial charge >= 0.3 is 0 Å². The maximum absolute atomic E-state index is 13.1. The Balaban J connectivity index is 1.52. The van der Waals surface area contributed by atoms with Gasteiger partial charge in [0, 0.05) is 21.8 Å². The average Bonchev–Trinajstić information content (AvgIpc) is 3.23. The van der Waals surface area contributed by atoms with Crippen molar-refractivity contribution in [1.29, 1.82) is 10.7 Å². The Bertz CT molecular complexity index is 1380. The maximum Gasteiger partial charge on any atom is 0.258 e. The summed E-state index contributed by atoms with van der Waals surface area (Å²) in [6, 6.07) is 5.02. The van der Waals surface area contributed by atoms with Gasteiger partial charge in [0.05, 0.1) is 27.8 Å². The first-order chi connectivity index (χ1) is 18.6. The van der Waals surface area contributed by atoms with Gasteiger partial charge in [-0.25, -0.2) is 0 Å². The summed E-state index contributed by atoms with van der Waals surface area (Å²) in [6.07, 6.45) is 3.05. The predicted molar refractivity (Wildman–Crippen MR) is 145 cm³/mol. The molecule has 14 heteroatoms. The molecule has 2 fully saturated rings. The van der Waals surface area contributed by atoms with Crippen molar-refractivity contribution in [2.75, 3.05) is 6.54 Å². The molecule has 0 bridgehead atoms. The van der Waals surface area contributed by atoms with Gasteiger partial charge in [-0.2, -0.15) is 5.26 Å². The van der Waals surface area contributed by atoms with Crippen molar-refractivity contribution >= 4 is 46.2 Å². The number of hydrogen-bond acceptors (Lipinski definition) is 9. The molecule has 2 aliphatic carbocycles. The molecular weight excluding hydrogens is 538 g/mol. The summed E-state index contributed by atoms with van der Waals surface area (Å²) >= 11 is 2.55. The first-order valence-corrected chi connectivity index (χ1v) is 14.2. The highest BCUT2D eigenvalue weighted by molar-refractivity contribution is 7.15. The van der Waals surface area contributed by atoms with E-state index in [1.165, 1.54) is 22.7 Å². The molecule has 3 aliphatic rings. The number of primary amides is 2. The van der Waals surface area contributed by atoms with E-state index < -0.39 is 23.3 Å². The van der Waals surface area contributed by atoms with Crippen LogP contribution in [0.3, 0.4) is 0 Å². The van der Waals surface area contributed by atoms with Crippen molar-refractivity contribution in [3.63, 3.8) is 0 Å². The molecule has 0 radical (unpaired) electrons. The maximum atomic E-state index is 13.1. The van der Waals surface area contributed by atoms with E-state index in [2.05, 4.69) is 21.7 Å². The Kier molecular flexibility index (Phi) is 7.00. The zero-order valence-electron chi connectivity index (χ0n) is 21.3. The van der Waals surface area contributed by atoms with Gasteiger partial charge in [0.25, 0.3) is 11.8 Å². The smallest absolute Gasteiger partial charge is 0.258 e. The fourth-order valence-electron chi connectivity index (χ4n) is 6.10. The van der Waals surface area contributed by atoms with Gasteiger partial charge in [0.15, 0.2) is 5.84 Å². The van der Waals surface area contributed by atoms with Crippen LogP contribution in [-0.4, -0.2) is 53.1 Å². The highest BCUT2D eigenvalue weighted by Crippen LogP contribution is 2.49. The molecule has 4 atom stereocenters. The number of amidine groups is 1. The first-order valence-electron chi connectivity index (χ1n) is 12.6. The molecule has 1 aliphatic heterocycles. The molecule has 0 spiro atoms. The Hall–Kier alpha value is -3.67. The van der Waals surface area contributed by atoms with Crippen LogP contribution in [0, 0.1) is 22.7 Å². The predicted octanol–water partition coefficient (Wildman–Crippen LogP) is 1.58. The van der Waals surface area contributed by atoms with Crippen LogP contribution >= 0.6 is 22.7 Å². The monoisotopic (exact) mass is 567 g/mol.